The van der Waals surface area contributed by atoms with Crippen molar-refractivity contribution in [3.05, 3.63) is 45.5 Å². The predicted molar refractivity (Wildman–Crippen MR) is 111 cm³/mol. The number of nitrogens with zero attached hydrogens (tertiary/aromatic N) is 4. The largest absolute Gasteiger partial charge is 0.315 e. The van der Waals surface area contributed by atoms with E-state index in [4.69, 9.17) is 5.84 Å². The van der Waals surface area contributed by atoms with Crippen LogP contribution in [0.2, 0.25) is 0 Å². The summed E-state index contributed by atoms with van der Waals surface area (Å²) in [5.74, 6) is 6.43. The number of rotatable bonds is 11. The first-order chi connectivity index (χ1) is 13.4. The van der Waals surface area contributed by atoms with Gasteiger partial charge in [0.2, 0.25) is 5.13 Å². The number of nitrogens with one attached hydrogen (secondary N) is 2. The normalized spacial score (nSPS) is 11.9. The molecule has 0 amide bonds. The van der Waals surface area contributed by atoms with Crippen molar-refractivity contribution in [2.24, 2.45) is 15.8 Å². The molecule has 28 heavy (non-hydrogen) atoms. The van der Waals surface area contributed by atoms with Crippen LogP contribution in [0.25, 0.3) is 0 Å². The molecule has 1 heterocycles. The molecule has 14 heteroatoms. The summed E-state index contributed by atoms with van der Waals surface area (Å²) in [6, 6.07) is 4.79. The minimum absolute atomic E-state index is 0.200. The smallest absolute Gasteiger partial charge is 0.270 e. The maximum atomic E-state index is 12.1. The number of hydrogen-bond acceptors (Lipinski definition) is 10. The van der Waals surface area contributed by atoms with E-state index in [2.05, 4.69) is 25.1 Å². The van der Waals surface area contributed by atoms with E-state index in [1.807, 2.05) is 5.38 Å². The average Bonchev–Trinajstić information content (AvgIpc) is 3.13. The van der Waals surface area contributed by atoms with Crippen LogP contribution in [-0.2, 0) is 15.8 Å². The van der Waals surface area contributed by atoms with E-state index in [0.29, 0.717) is 23.2 Å². The molecule has 150 valence electrons. The molecule has 0 saturated heterocycles. The number of hydrazine groups is 1. The van der Waals surface area contributed by atoms with Crippen LogP contribution in [0.15, 0.2) is 44.5 Å². The molecule has 0 spiro atoms. The number of hydrogen-bond donors (Lipinski definition) is 3. The molecular formula is C14H17N7O4S3. The molecule has 2 rings (SSSR count). The van der Waals surface area contributed by atoms with Crippen molar-refractivity contribution >= 4 is 56.6 Å². The van der Waals surface area contributed by atoms with Crippen LogP contribution in [0, 0.1) is 10.1 Å². The molecule has 0 saturated carbocycles. The highest BCUT2D eigenvalue weighted by Crippen LogP contribution is 2.21. The lowest BCUT2D eigenvalue weighted by Gasteiger charge is -2.03. The molecule has 0 unspecified atom stereocenters. The molecule has 0 fully saturated rings. The molecule has 1 aromatic heterocycles. The summed E-state index contributed by atoms with van der Waals surface area (Å²) in [5, 5.41) is 13.2. The van der Waals surface area contributed by atoms with Crippen molar-refractivity contribution in [1.29, 1.82) is 0 Å². The van der Waals surface area contributed by atoms with Gasteiger partial charge in [0, 0.05) is 35.6 Å². The fourth-order valence-corrected chi connectivity index (χ4v) is 4.20. The molecule has 2 aromatic rings. The topological polar surface area (TPSA) is 165 Å². The summed E-state index contributed by atoms with van der Waals surface area (Å²) in [6.45, 7) is 0.397. The van der Waals surface area contributed by atoms with Gasteiger partial charge in [-0.15, -0.1) is 11.3 Å². The van der Waals surface area contributed by atoms with Gasteiger partial charge in [-0.05, 0) is 6.07 Å². The van der Waals surface area contributed by atoms with Gasteiger partial charge in [0.25, 0.3) is 15.7 Å². The van der Waals surface area contributed by atoms with Crippen LogP contribution in [0.3, 0.4) is 0 Å². The molecule has 1 aromatic carbocycles. The van der Waals surface area contributed by atoms with Crippen molar-refractivity contribution in [2.75, 3.05) is 12.3 Å². The van der Waals surface area contributed by atoms with E-state index < -0.39 is 14.9 Å². The first-order valence-electron chi connectivity index (χ1n) is 7.68. The van der Waals surface area contributed by atoms with E-state index in [-0.39, 0.29) is 10.6 Å². The molecule has 0 aliphatic heterocycles. The zero-order chi connectivity index (χ0) is 20.4. The van der Waals surface area contributed by atoms with Crippen molar-refractivity contribution in [1.82, 2.24) is 15.1 Å². The van der Waals surface area contributed by atoms with Gasteiger partial charge in [-0.1, -0.05) is 6.07 Å². The second-order valence-electron chi connectivity index (χ2n) is 5.01. The van der Waals surface area contributed by atoms with Crippen molar-refractivity contribution in [2.45, 2.75) is 10.6 Å². The zero-order valence-corrected chi connectivity index (χ0v) is 16.8. The lowest BCUT2D eigenvalue weighted by atomic mass is 10.3. The quantitative estimate of drug-likeness (QED) is 0.117. The Morgan fingerprint density at radius 3 is 2.96 bits per heavy atom. The summed E-state index contributed by atoms with van der Waals surface area (Å²) in [5.41, 5.74) is 2.89. The van der Waals surface area contributed by atoms with E-state index in [0.717, 1.165) is 18.1 Å². The average molecular weight is 444 g/mol. The third kappa shape index (κ3) is 6.88. The van der Waals surface area contributed by atoms with Crippen LogP contribution < -0.4 is 16.0 Å². The van der Waals surface area contributed by atoms with Gasteiger partial charge < -0.3 is 5.43 Å². The SMILES string of the molecule is NNC=Nc1nc(CSCCN=CNS(=O)(=O)c2cccc([N+](=O)[O-])c2)cs1. The van der Waals surface area contributed by atoms with E-state index in [1.54, 1.807) is 11.8 Å². The molecule has 0 bridgehead atoms. The number of benzene rings is 1. The number of sulfonamides is 1. The van der Waals surface area contributed by atoms with Gasteiger partial charge in [-0.25, -0.2) is 24.2 Å². The highest BCUT2D eigenvalue weighted by molar-refractivity contribution is 7.98. The van der Waals surface area contributed by atoms with Crippen molar-refractivity contribution in [3.63, 3.8) is 0 Å². The summed E-state index contributed by atoms with van der Waals surface area (Å²) in [7, 11) is -3.90. The van der Waals surface area contributed by atoms with Crippen molar-refractivity contribution in [3.8, 4) is 0 Å². The van der Waals surface area contributed by atoms with Crippen molar-refractivity contribution < 1.29 is 13.3 Å². The number of nitrogens with two attached hydrogens (primary N) is 1. The lowest BCUT2D eigenvalue weighted by molar-refractivity contribution is -0.385. The van der Waals surface area contributed by atoms with E-state index in [9.17, 15) is 18.5 Å². The van der Waals surface area contributed by atoms with E-state index >= 15 is 0 Å². The summed E-state index contributed by atoms with van der Waals surface area (Å²) in [4.78, 5) is 22.1. The minimum Gasteiger partial charge on any atom is -0.315 e. The Labute approximate surface area is 169 Å². The van der Waals surface area contributed by atoms with Gasteiger partial charge in [0.1, 0.15) is 6.34 Å². The van der Waals surface area contributed by atoms with Gasteiger partial charge in [-0.3, -0.25) is 19.8 Å². The van der Waals surface area contributed by atoms with Crippen LogP contribution in [0.5, 0.6) is 0 Å². The Kier molecular flexibility index (Phi) is 8.31. The van der Waals surface area contributed by atoms with Crippen LogP contribution in [0.1, 0.15) is 5.69 Å². The molecule has 4 N–H and O–H groups in total. The maximum absolute atomic E-state index is 12.1. The van der Waals surface area contributed by atoms with Crippen LogP contribution >= 0.6 is 23.1 Å². The number of non-ortho nitro benzene ring substituents is 1. The molecule has 0 radical (unpaired) electrons. The zero-order valence-electron chi connectivity index (χ0n) is 14.4. The Morgan fingerprint density at radius 1 is 1.39 bits per heavy atom. The molecular weight excluding hydrogens is 426 g/mol. The second kappa shape index (κ2) is 10.7. The Bertz CT molecular complexity index is 959. The number of nitro groups is 1. The number of aliphatic imine (C=N–C) groups is 2. The van der Waals surface area contributed by atoms with Gasteiger partial charge in [0.05, 0.1) is 21.9 Å². The minimum atomic E-state index is -3.90. The Morgan fingerprint density at radius 2 is 2.21 bits per heavy atom. The molecule has 0 aliphatic rings. The molecule has 0 aliphatic carbocycles. The van der Waals surface area contributed by atoms with Gasteiger partial charge >= 0.3 is 0 Å². The first kappa shape index (κ1) is 21.7. The number of thioether (sulfide) groups is 1. The molecule has 0 atom stereocenters. The number of thiazole rings is 1. The van der Waals surface area contributed by atoms with Gasteiger partial charge in [0.15, 0.2) is 0 Å². The lowest BCUT2D eigenvalue weighted by Crippen LogP contribution is -2.22. The fraction of sp³-hybridized carbons (Fsp3) is 0.214. The highest BCUT2D eigenvalue weighted by atomic mass is 32.2. The Hall–Kier alpha value is -2.55. The summed E-state index contributed by atoms with van der Waals surface area (Å²) < 4.78 is 26.4. The Balaban J connectivity index is 1.74. The maximum Gasteiger partial charge on any atom is 0.270 e. The highest BCUT2D eigenvalue weighted by Gasteiger charge is 2.16. The predicted octanol–water partition coefficient (Wildman–Crippen LogP) is 1.41. The monoisotopic (exact) mass is 443 g/mol. The standard InChI is InChI=1S/C14H17N7O4S3/c15-18-10-17-14-20-11(8-27-14)7-26-5-4-16-9-19-28(24,25)13-3-1-2-12(6-13)21(22)23/h1-3,6,8-10H,4-5,7,15H2,(H,16,19)(H,17,18,20). The summed E-state index contributed by atoms with van der Waals surface area (Å²) >= 11 is 2.99. The second-order valence-corrected chi connectivity index (χ2v) is 8.67. The third-order valence-electron chi connectivity index (χ3n) is 3.04. The fourth-order valence-electron chi connectivity index (χ4n) is 1.81. The van der Waals surface area contributed by atoms with Crippen LogP contribution in [0.4, 0.5) is 10.8 Å². The number of nitro benzene ring substituents is 1. The van der Waals surface area contributed by atoms with Crippen LogP contribution in [-0.4, -0.2) is 43.3 Å². The third-order valence-corrected chi connectivity index (χ3v) is 6.10. The van der Waals surface area contributed by atoms with E-state index in [1.165, 1.54) is 35.9 Å². The first-order valence-corrected chi connectivity index (χ1v) is 11.2. The molecule has 11 nitrogen and oxygen atoms in total. The summed E-state index contributed by atoms with van der Waals surface area (Å²) in [6.07, 6.45) is 2.42. The number of aromatic nitrogens is 1. The van der Waals surface area contributed by atoms with Gasteiger partial charge in [-0.2, -0.15) is 11.8 Å².